The maximum Gasteiger partial charge on any atom is 0.276 e. The van der Waals surface area contributed by atoms with Crippen LogP contribution in [0.4, 0.5) is 0 Å². The summed E-state index contributed by atoms with van der Waals surface area (Å²) >= 11 is 0. The number of nitrogens with zero attached hydrogens (tertiary/aromatic N) is 6. The Bertz CT molecular complexity index is 1210. The maximum absolute atomic E-state index is 13.4. The van der Waals surface area contributed by atoms with Gasteiger partial charge in [-0.3, -0.25) is 14.5 Å². The van der Waals surface area contributed by atoms with Crippen molar-refractivity contribution in [3.63, 3.8) is 0 Å². The minimum absolute atomic E-state index is 0.145. The van der Waals surface area contributed by atoms with Crippen molar-refractivity contribution in [2.75, 3.05) is 26.2 Å². The van der Waals surface area contributed by atoms with Gasteiger partial charge in [-0.05, 0) is 25.0 Å². The van der Waals surface area contributed by atoms with Crippen molar-refractivity contribution >= 4 is 15.9 Å². The van der Waals surface area contributed by atoms with Crippen molar-refractivity contribution in [2.45, 2.75) is 23.7 Å². The van der Waals surface area contributed by atoms with Crippen LogP contribution in [0.15, 0.2) is 46.2 Å². The summed E-state index contributed by atoms with van der Waals surface area (Å²) in [5.41, 5.74) is 1.35. The van der Waals surface area contributed by atoms with Gasteiger partial charge in [-0.1, -0.05) is 5.16 Å². The molecule has 0 unspecified atom stereocenters. The third-order valence-corrected chi connectivity index (χ3v) is 7.52. The lowest BCUT2D eigenvalue weighted by Crippen LogP contribution is -2.50. The predicted molar refractivity (Wildman–Crippen MR) is 110 cm³/mol. The molecule has 1 saturated heterocycles. The normalized spacial score (nSPS) is 17.8. The van der Waals surface area contributed by atoms with E-state index in [0.717, 1.165) is 18.6 Å². The van der Waals surface area contributed by atoms with Gasteiger partial charge >= 0.3 is 0 Å². The van der Waals surface area contributed by atoms with E-state index in [-0.39, 0.29) is 42.7 Å². The second kappa shape index (κ2) is 7.57. The molecule has 1 aliphatic heterocycles. The zero-order chi connectivity index (χ0) is 21.6. The fraction of sp³-hybridized carbons (Fsp3) is 0.400. The second-order valence-electron chi connectivity index (χ2n) is 7.84. The standard InChI is InChI=1S/C20H22N6O4S/c1-24-13-18(19(22-24)15-4-6-21-7-5-15)31(28,29)26-10-8-25(9-11-26)20(27)16-12-17(30-23-16)14-2-3-14/h4-7,12-14H,2-3,8-11H2,1H3. The molecule has 0 spiro atoms. The predicted octanol–water partition coefficient (Wildman–Crippen LogP) is 1.49. The summed E-state index contributed by atoms with van der Waals surface area (Å²) in [6, 6.07) is 5.16. The fourth-order valence-corrected chi connectivity index (χ4v) is 5.36. The highest BCUT2D eigenvalue weighted by Crippen LogP contribution is 2.40. The molecule has 1 saturated carbocycles. The number of aromatic nitrogens is 4. The van der Waals surface area contributed by atoms with Crippen LogP contribution >= 0.6 is 0 Å². The van der Waals surface area contributed by atoms with Crippen LogP contribution in [-0.2, 0) is 17.1 Å². The summed E-state index contributed by atoms with van der Waals surface area (Å²) in [4.78, 5) is 18.5. The molecule has 11 heteroatoms. The van der Waals surface area contributed by atoms with E-state index in [4.69, 9.17) is 4.52 Å². The Morgan fingerprint density at radius 2 is 1.84 bits per heavy atom. The first-order valence-electron chi connectivity index (χ1n) is 10.1. The Balaban J connectivity index is 1.31. The first-order chi connectivity index (χ1) is 14.9. The maximum atomic E-state index is 13.4. The van der Waals surface area contributed by atoms with E-state index in [1.54, 1.807) is 42.5 Å². The number of rotatable bonds is 5. The Morgan fingerprint density at radius 3 is 2.52 bits per heavy atom. The number of amides is 1. The van der Waals surface area contributed by atoms with E-state index in [2.05, 4.69) is 15.2 Å². The summed E-state index contributed by atoms with van der Waals surface area (Å²) in [5.74, 6) is 0.904. The van der Waals surface area contributed by atoms with Crippen LogP contribution in [0.3, 0.4) is 0 Å². The summed E-state index contributed by atoms with van der Waals surface area (Å²) in [7, 11) is -2.09. The second-order valence-corrected chi connectivity index (χ2v) is 9.74. The molecule has 0 N–H and O–H groups in total. The average Bonchev–Trinajstić information content (AvgIpc) is 3.37. The van der Waals surface area contributed by atoms with Gasteiger partial charge in [-0.2, -0.15) is 9.40 Å². The van der Waals surface area contributed by atoms with Crippen molar-refractivity contribution in [3.8, 4) is 11.3 Å². The van der Waals surface area contributed by atoms with Gasteiger partial charge < -0.3 is 9.42 Å². The number of carbonyl (C=O) groups is 1. The summed E-state index contributed by atoms with van der Waals surface area (Å²) in [6.45, 7) is 0.973. The number of hydrogen-bond acceptors (Lipinski definition) is 7. The van der Waals surface area contributed by atoms with Crippen molar-refractivity contribution in [3.05, 3.63) is 48.2 Å². The first kappa shape index (κ1) is 19.9. The number of pyridine rings is 1. The lowest BCUT2D eigenvalue weighted by molar-refractivity contribution is 0.0687. The highest BCUT2D eigenvalue weighted by Gasteiger charge is 2.35. The zero-order valence-corrected chi connectivity index (χ0v) is 17.8. The van der Waals surface area contributed by atoms with Gasteiger partial charge in [0.15, 0.2) is 5.69 Å². The van der Waals surface area contributed by atoms with E-state index in [9.17, 15) is 13.2 Å². The lowest BCUT2D eigenvalue weighted by Gasteiger charge is -2.33. The Morgan fingerprint density at radius 1 is 1.13 bits per heavy atom. The van der Waals surface area contributed by atoms with Crippen LogP contribution in [0.5, 0.6) is 0 Å². The topological polar surface area (TPSA) is 114 Å². The number of hydrogen-bond donors (Lipinski definition) is 0. The van der Waals surface area contributed by atoms with Crippen molar-refractivity contribution < 1.29 is 17.7 Å². The van der Waals surface area contributed by atoms with E-state index in [0.29, 0.717) is 17.2 Å². The lowest BCUT2D eigenvalue weighted by atomic mass is 10.2. The highest BCUT2D eigenvalue weighted by molar-refractivity contribution is 7.89. The van der Waals surface area contributed by atoms with E-state index in [1.807, 2.05) is 0 Å². The third-order valence-electron chi connectivity index (χ3n) is 5.62. The average molecular weight is 443 g/mol. The molecule has 0 bridgehead atoms. The van der Waals surface area contributed by atoms with Gasteiger partial charge in [0.1, 0.15) is 16.3 Å². The Hall–Kier alpha value is -3.05. The van der Waals surface area contributed by atoms with Gasteiger partial charge in [0.05, 0.1) is 0 Å². The van der Waals surface area contributed by atoms with Crippen LogP contribution in [0.25, 0.3) is 11.3 Å². The van der Waals surface area contributed by atoms with Crippen LogP contribution in [0.2, 0.25) is 0 Å². The molecule has 3 aromatic heterocycles. The number of piperazine rings is 1. The van der Waals surface area contributed by atoms with Crippen molar-refractivity contribution in [1.82, 2.24) is 29.1 Å². The molecular formula is C20H22N6O4S. The number of sulfonamides is 1. The van der Waals surface area contributed by atoms with E-state index >= 15 is 0 Å². The van der Waals surface area contributed by atoms with E-state index < -0.39 is 10.0 Å². The molecule has 3 aromatic rings. The number of carbonyl (C=O) groups excluding carboxylic acids is 1. The molecule has 0 atom stereocenters. The van der Waals surface area contributed by atoms with Crippen LogP contribution in [-0.4, -0.2) is 69.6 Å². The molecule has 5 rings (SSSR count). The monoisotopic (exact) mass is 442 g/mol. The molecule has 1 amide bonds. The van der Waals surface area contributed by atoms with Gasteiger partial charge in [0.25, 0.3) is 5.91 Å². The van der Waals surface area contributed by atoms with E-state index in [1.165, 1.54) is 15.2 Å². The molecule has 162 valence electrons. The first-order valence-corrected chi connectivity index (χ1v) is 11.6. The molecule has 2 aliphatic rings. The van der Waals surface area contributed by atoms with Crippen LogP contribution in [0, 0.1) is 0 Å². The minimum atomic E-state index is -3.78. The molecule has 2 fully saturated rings. The summed E-state index contributed by atoms with van der Waals surface area (Å²) in [6.07, 6.45) is 6.84. The van der Waals surface area contributed by atoms with Crippen molar-refractivity contribution in [1.29, 1.82) is 0 Å². The molecule has 10 nitrogen and oxygen atoms in total. The van der Waals surface area contributed by atoms with Crippen LogP contribution < -0.4 is 0 Å². The Labute approximate surface area is 179 Å². The van der Waals surface area contributed by atoms with Gasteiger partial charge in [-0.15, -0.1) is 0 Å². The summed E-state index contributed by atoms with van der Waals surface area (Å²) in [5, 5.41) is 8.25. The van der Waals surface area contributed by atoms with Gasteiger partial charge in [-0.25, -0.2) is 8.42 Å². The molecule has 0 radical (unpaired) electrons. The largest absolute Gasteiger partial charge is 0.360 e. The number of aryl methyl sites for hydroxylation is 1. The van der Waals surface area contributed by atoms with Crippen molar-refractivity contribution in [2.24, 2.45) is 7.05 Å². The smallest absolute Gasteiger partial charge is 0.276 e. The summed E-state index contributed by atoms with van der Waals surface area (Å²) < 4.78 is 34.9. The zero-order valence-electron chi connectivity index (χ0n) is 17.0. The highest BCUT2D eigenvalue weighted by atomic mass is 32.2. The van der Waals surface area contributed by atoms with Gasteiger partial charge in [0.2, 0.25) is 10.0 Å². The molecule has 4 heterocycles. The SMILES string of the molecule is Cn1cc(S(=O)(=O)N2CCN(C(=O)c3cc(C4CC4)on3)CC2)c(-c2ccncc2)n1. The van der Waals surface area contributed by atoms with Gasteiger partial charge in [0, 0.05) is 69.4 Å². The molecule has 31 heavy (non-hydrogen) atoms. The molecule has 0 aromatic carbocycles. The van der Waals surface area contributed by atoms with Crippen LogP contribution in [0.1, 0.15) is 35.0 Å². The third kappa shape index (κ3) is 3.74. The minimum Gasteiger partial charge on any atom is -0.360 e. The molecular weight excluding hydrogens is 420 g/mol. The molecule has 1 aliphatic carbocycles. The Kier molecular flexibility index (Phi) is 4.86. The fourth-order valence-electron chi connectivity index (χ4n) is 3.75. The quantitative estimate of drug-likeness (QED) is 0.588.